The third-order valence-corrected chi connectivity index (χ3v) is 10.1. The number of carbonyl (C=O) groups is 1. The highest BCUT2D eigenvalue weighted by molar-refractivity contribution is 7.92. The molecule has 1 aliphatic heterocycles. The molecule has 15 heteroatoms. The predicted molar refractivity (Wildman–Crippen MR) is 161 cm³/mol. The molecule has 3 rings (SSSR count). The maximum atomic E-state index is 14.1. The number of aliphatic hydroxyl groups is 1. The van der Waals surface area contributed by atoms with Crippen molar-refractivity contribution in [1.29, 1.82) is 0 Å². The van der Waals surface area contributed by atoms with Crippen LogP contribution in [0.1, 0.15) is 61.8 Å². The lowest BCUT2D eigenvalue weighted by atomic mass is 10.0. The third kappa shape index (κ3) is 8.91. The number of hydrogen-bond acceptors (Lipinski definition) is 10. The van der Waals surface area contributed by atoms with Crippen LogP contribution in [0.25, 0.3) is 0 Å². The number of amides is 1. The fraction of sp³-hybridized carbons (Fsp3) is 0.643. The van der Waals surface area contributed by atoms with Crippen molar-refractivity contribution < 1.29 is 40.7 Å². The number of nitrogens with one attached hydrogen (secondary N) is 1. The van der Waals surface area contributed by atoms with Gasteiger partial charge in [0, 0.05) is 38.3 Å². The molecule has 1 amide bonds. The second-order valence-electron chi connectivity index (χ2n) is 11.3. The van der Waals surface area contributed by atoms with Crippen LogP contribution in [0.3, 0.4) is 0 Å². The SMILES string of the molecule is Cc1noc(C)c1S(=O)(=O)N(C)C[C@H]1OCCCC[C@@H](C)Oc2ccc(NS(C)(=O)=O)cc2C(=O)N([C@H](C)CO)C[C@@H]1C. The summed E-state index contributed by atoms with van der Waals surface area (Å²) in [5, 5.41) is 13.9. The predicted octanol–water partition coefficient (Wildman–Crippen LogP) is 2.78. The van der Waals surface area contributed by atoms with E-state index in [9.17, 15) is 26.7 Å². The van der Waals surface area contributed by atoms with Gasteiger partial charge < -0.3 is 24.0 Å². The highest BCUT2D eigenvalue weighted by Gasteiger charge is 2.34. The molecule has 0 saturated heterocycles. The van der Waals surface area contributed by atoms with Crippen LogP contribution >= 0.6 is 0 Å². The number of ether oxygens (including phenoxy) is 2. The summed E-state index contributed by atoms with van der Waals surface area (Å²) in [6.07, 6.45) is 2.29. The minimum atomic E-state index is -3.95. The number of anilines is 1. The summed E-state index contributed by atoms with van der Waals surface area (Å²) in [5.74, 6) is -0.351. The number of aliphatic hydroxyl groups excluding tert-OH is 1. The molecule has 242 valence electrons. The van der Waals surface area contributed by atoms with Crippen LogP contribution in [-0.4, -0.2) is 100 Å². The summed E-state index contributed by atoms with van der Waals surface area (Å²) < 4.78 is 71.8. The Hall–Kier alpha value is -2.72. The molecule has 0 unspecified atom stereocenters. The third-order valence-electron chi connectivity index (χ3n) is 7.43. The van der Waals surface area contributed by atoms with E-state index in [1.54, 1.807) is 26.8 Å². The molecular weight excluding hydrogens is 600 g/mol. The lowest BCUT2D eigenvalue weighted by molar-refractivity contribution is -0.00835. The first-order valence-electron chi connectivity index (χ1n) is 14.3. The molecule has 13 nitrogen and oxygen atoms in total. The highest BCUT2D eigenvalue weighted by atomic mass is 32.2. The zero-order chi connectivity index (χ0) is 32.1. The number of fused-ring (bicyclic) bond motifs is 1. The molecule has 0 radical (unpaired) electrons. The van der Waals surface area contributed by atoms with E-state index < -0.39 is 38.1 Å². The molecule has 0 saturated carbocycles. The molecule has 1 aliphatic rings. The molecule has 0 aliphatic carbocycles. The van der Waals surface area contributed by atoms with E-state index in [2.05, 4.69) is 9.88 Å². The number of likely N-dealkylation sites (N-methyl/N-ethyl adjacent to an activating group) is 1. The van der Waals surface area contributed by atoms with Crippen LogP contribution in [0.2, 0.25) is 0 Å². The topological polar surface area (TPSA) is 169 Å². The van der Waals surface area contributed by atoms with E-state index in [1.165, 1.54) is 28.4 Å². The minimum absolute atomic E-state index is 0.00161. The Morgan fingerprint density at radius 3 is 2.49 bits per heavy atom. The molecular formula is C28H44N4O9S2. The Bertz CT molecular complexity index is 1460. The van der Waals surface area contributed by atoms with E-state index in [4.69, 9.17) is 14.0 Å². The van der Waals surface area contributed by atoms with Gasteiger partial charge in [0.15, 0.2) is 5.76 Å². The van der Waals surface area contributed by atoms with Gasteiger partial charge in [-0.25, -0.2) is 16.8 Å². The number of aryl methyl sites for hydroxylation is 2. The van der Waals surface area contributed by atoms with Crippen LogP contribution < -0.4 is 9.46 Å². The zero-order valence-corrected chi connectivity index (χ0v) is 27.5. The lowest BCUT2D eigenvalue weighted by Crippen LogP contribution is -2.48. The standard InChI is InChI=1S/C28H44N4O9S2/c1-18-15-32(19(2)17-33)28(34)24-14-23(30-42(7,35)36)11-12-25(24)40-20(3)10-8-9-13-39-26(18)16-31(6)43(37,38)27-21(4)29-41-22(27)5/h11-12,14,18-20,26,30,33H,8-10,13,15-17H2,1-7H3/t18-,19+,20+,26+/m0/s1. The van der Waals surface area contributed by atoms with E-state index in [-0.39, 0.29) is 59.3 Å². The van der Waals surface area contributed by atoms with Crippen molar-refractivity contribution in [3.8, 4) is 5.75 Å². The first kappa shape index (κ1) is 34.8. The number of nitrogens with zero attached hydrogens (tertiary/aromatic N) is 3. The van der Waals surface area contributed by atoms with Crippen LogP contribution in [-0.2, 0) is 24.8 Å². The van der Waals surface area contributed by atoms with E-state index in [1.807, 2.05) is 13.8 Å². The maximum Gasteiger partial charge on any atom is 0.258 e. The molecule has 2 N–H and O–H groups in total. The van der Waals surface area contributed by atoms with Crippen molar-refractivity contribution in [2.75, 3.05) is 44.3 Å². The molecule has 0 bridgehead atoms. The lowest BCUT2D eigenvalue weighted by Gasteiger charge is -2.35. The molecule has 2 aromatic rings. The van der Waals surface area contributed by atoms with Gasteiger partial charge in [0.1, 0.15) is 16.3 Å². The number of carbonyl (C=O) groups excluding carboxylic acids is 1. The van der Waals surface area contributed by atoms with Crippen LogP contribution in [0.15, 0.2) is 27.6 Å². The van der Waals surface area contributed by atoms with Gasteiger partial charge in [-0.1, -0.05) is 12.1 Å². The van der Waals surface area contributed by atoms with Crippen molar-refractivity contribution >= 4 is 31.6 Å². The molecule has 0 fully saturated rings. The molecule has 4 atom stereocenters. The fourth-order valence-electron chi connectivity index (χ4n) is 5.01. The van der Waals surface area contributed by atoms with Gasteiger partial charge >= 0.3 is 0 Å². The molecule has 0 spiro atoms. The van der Waals surface area contributed by atoms with Crippen molar-refractivity contribution in [3.05, 3.63) is 35.2 Å². The Kier molecular flexibility index (Phi) is 11.6. The zero-order valence-electron chi connectivity index (χ0n) is 25.9. The largest absolute Gasteiger partial charge is 0.490 e. The van der Waals surface area contributed by atoms with Gasteiger partial charge in [-0.2, -0.15) is 4.31 Å². The molecule has 43 heavy (non-hydrogen) atoms. The summed E-state index contributed by atoms with van der Waals surface area (Å²) in [6, 6.07) is 3.90. The highest BCUT2D eigenvalue weighted by Crippen LogP contribution is 2.29. The number of aromatic nitrogens is 1. The average Bonchev–Trinajstić information content (AvgIpc) is 3.27. The second-order valence-corrected chi connectivity index (χ2v) is 15.1. The van der Waals surface area contributed by atoms with Gasteiger partial charge in [0.05, 0.1) is 36.7 Å². The summed E-state index contributed by atoms with van der Waals surface area (Å²) in [5.41, 5.74) is 0.599. The Morgan fingerprint density at radius 1 is 1.19 bits per heavy atom. The number of hydrogen-bond donors (Lipinski definition) is 2. The summed E-state index contributed by atoms with van der Waals surface area (Å²) in [7, 11) is -6.10. The van der Waals surface area contributed by atoms with Gasteiger partial charge in [0.25, 0.3) is 5.91 Å². The Labute approximate surface area is 254 Å². The number of rotatable bonds is 8. The van der Waals surface area contributed by atoms with Gasteiger partial charge in [-0.05, 0) is 65.2 Å². The maximum absolute atomic E-state index is 14.1. The van der Waals surface area contributed by atoms with Crippen LogP contribution in [0.4, 0.5) is 5.69 Å². The molecule has 1 aromatic heterocycles. The van der Waals surface area contributed by atoms with Gasteiger partial charge in [0.2, 0.25) is 20.0 Å². The first-order valence-corrected chi connectivity index (χ1v) is 17.6. The smallest absolute Gasteiger partial charge is 0.258 e. The van der Waals surface area contributed by atoms with Gasteiger partial charge in [-0.3, -0.25) is 9.52 Å². The molecule has 1 aromatic carbocycles. The van der Waals surface area contributed by atoms with Crippen LogP contribution in [0.5, 0.6) is 5.75 Å². The quantitative estimate of drug-likeness (QED) is 0.436. The Balaban J connectivity index is 2.00. The number of benzene rings is 1. The summed E-state index contributed by atoms with van der Waals surface area (Å²) in [4.78, 5) is 15.6. The monoisotopic (exact) mass is 644 g/mol. The van der Waals surface area contributed by atoms with Crippen molar-refractivity contribution in [2.24, 2.45) is 5.92 Å². The van der Waals surface area contributed by atoms with E-state index in [0.29, 0.717) is 25.2 Å². The normalized spacial score (nSPS) is 22.0. The van der Waals surface area contributed by atoms with Crippen molar-refractivity contribution in [1.82, 2.24) is 14.4 Å². The second kappa shape index (κ2) is 14.4. The van der Waals surface area contributed by atoms with E-state index >= 15 is 0 Å². The fourth-order valence-corrected chi connectivity index (χ4v) is 7.03. The number of sulfonamides is 2. The Morgan fingerprint density at radius 2 is 1.88 bits per heavy atom. The summed E-state index contributed by atoms with van der Waals surface area (Å²) in [6.45, 7) is 8.71. The average molecular weight is 645 g/mol. The van der Waals surface area contributed by atoms with Crippen molar-refractivity contribution in [3.63, 3.8) is 0 Å². The summed E-state index contributed by atoms with van der Waals surface area (Å²) >= 11 is 0. The van der Waals surface area contributed by atoms with Gasteiger partial charge in [-0.15, -0.1) is 0 Å². The van der Waals surface area contributed by atoms with Crippen LogP contribution in [0, 0.1) is 19.8 Å². The van der Waals surface area contributed by atoms with Crippen molar-refractivity contribution in [2.45, 2.75) is 77.0 Å². The van der Waals surface area contributed by atoms with E-state index in [0.717, 1.165) is 12.7 Å². The molecule has 2 heterocycles. The first-order chi connectivity index (χ1) is 20.0. The minimum Gasteiger partial charge on any atom is -0.490 e.